The fraction of sp³-hybridized carbons (Fsp3) is 0.286. The van der Waals surface area contributed by atoms with Crippen molar-refractivity contribution < 1.29 is 4.92 Å². The van der Waals surface area contributed by atoms with Gasteiger partial charge in [0.15, 0.2) is 0 Å². The van der Waals surface area contributed by atoms with Gasteiger partial charge in [0.1, 0.15) is 5.69 Å². The Kier molecular flexibility index (Phi) is 4.70. The predicted octanol–water partition coefficient (Wildman–Crippen LogP) is 4.04. The van der Waals surface area contributed by atoms with E-state index in [4.69, 9.17) is 11.6 Å². The minimum absolute atomic E-state index is 0.0248. The topological polar surface area (TPSA) is 81.0 Å². The molecule has 0 bridgehead atoms. The second kappa shape index (κ2) is 6.49. The molecule has 6 nitrogen and oxygen atoms in total. The van der Waals surface area contributed by atoms with Crippen molar-refractivity contribution in [2.24, 2.45) is 0 Å². The zero-order chi connectivity index (χ0) is 15.4. The molecule has 0 fully saturated rings. The molecule has 0 aliphatic heterocycles. The summed E-state index contributed by atoms with van der Waals surface area (Å²) >= 11 is 5.77. The second-order valence-electron chi connectivity index (χ2n) is 4.60. The third kappa shape index (κ3) is 3.66. The highest BCUT2D eigenvalue weighted by Crippen LogP contribution is 2.29. The van der Waals surface area contributed by atoms with Crippen molar-refractivity contribution in [2.75, 3.05) is 5.32 Å². The third-order valence-electron chi connectivity index (χ3n) is 2.97. The van der Waals surface area contributed by atoms with E-state index in [9.17, 15) is 10.1 Å². The third-order valence-corrected chi connectivity index (χ3v) is 3.14. The fourth-order valence-corrected chi connectivity index (χ4v) is 2.23. The van der Waals surface area contributed by atoms with Crippen LogP contribution < -0.4 is 5.32 Å². The molecular formula is C14H15ClN4O2. The molecule has 0 unspecified atom stereocenters. The van der Waals surface area contributed by atoms with Crippen LogP contribution in [0.2, 0.25) is 5.28 Å². The number of anilines is 2. The normalized spacial score (nSPS) is 10.4. The van der Waals surface area contributed by atoms with E-state index in [1.807, 2.05) is 24.3 Å². The SMILES string of the molecule is CCCc1ccc(Nc2nc(Cl)nc(C)c2[N+](=O)[O-])cc1. The summed E-state index contributed by atoms with van der Waals surface area (Å²) in [6, 6.07) is 7.68. The molecule has 0 saturated carbocycles. The summed E-state index contributed by atoms with van der Waals surface area (Å²) in [5.74, 6) is 0.0979. The van der Waals surface area contributed by atoms with Crippen molar-refractivity contribution in [2.45, 2.75) is 26.7 Å². The first-order valence-corrected chi connectivity index (χ1v) is 6.93. The number of benzene rings is 1. The Morgan fingerprint density at radius 1 is 1.29 bits per heavy atom. The van der Waals surface area contributed by atoms with Gasteiger partial charge in [0, 0.05) is 5.69 Å². The lowest BCUT2D eigenvalue weighted by Gasteiger charge is -2.08. The van der Waals surface area contributed by atoms with E-state index in [0.717, 1.165) is 12.8 Å². The van der Waals surface area contributed by atoms with E-state index in [1.54, 1.807) is 0 Å². The Morgan fingerprint density at radius 3 is 2.52 bits per heavy atom. The number of aryl methyl sites for hydroxylation is 2. The maximum absolute atomic E-state index is 11.1. The molecule has 2 rings (SSSR count). The lowest BCUT2D eigenvalue weighted by Crippen LogP contribution is -2.04. The molecule has 0 aliphatic rings. The van der Waals surface area contributed by atoms with Gasteiger partial charge in [0.25, 0.3) is 0 Å². The highest BCUT2D eigenvalue weighted by atomic mass is 35.5. The Hall–Kier alpha value is -2.21. The standard InChI is InChI=1S/C14H15ClN4O2/c1-3-4-10-5-7-11(8-6-10)17-13-12(19(20)21)9(2)16-14(15)18-13/h5-8H,3-4H2,1-2H3,(H,16,17,18). The molecule has 7 heteroatoms. The number of halogens is 1. The molecule has 1 heterocycles. The molecule has 1 N–H and O–H groups in total. The smallest absolute Gasteiger partial charge is 0.332 e. The number of rotatable bonds is 5. The quantitative estimate of drug-likeness (QED) is 0.512. The van der Waals surface area contributed by atoms with Crippen LogP contribution in [0.25, 0.3) is 0 Å². The summed E-state index contributed by atoms with van der Waals surface area (Å²) in [6.45, 7) is 3.64. The minimum atomic E-state index is -0.514. The molecule has 0 aliphatic carbocycles. The zero-order valence-electron chi connectivity index (χ0n) is 11.8. The largest absolute Gasteiger partial charge is 0.334 e. The molecule has 0 radical (unpaired) electrons. The van der Waals surface area contributed by atoms with Gasteiger partial charge in [-0.2, -0.15) is 4.98 Å². The number of hydrogen-bond acceptors (Lipinski definition) is 5. The minimum Gasteiger partial charge on any atom is -0.334 e. The Bertz CT molecular complexity index is 659. The zero-order valence-corrected chi connectivity index (χ0v) is 12.5. The molecule has 1 aromatic heterocycles. The average Bonchev–Trinajstić information content (AvgIpc) is 2.40. The van der Waals surface area contributed by atoms with Crippen LogP contribution in [-0.4, -0.2) is 14.9 Å². The van der Waals surface area contributed by atoms with Gasteiger partial charge in [0.2, 0.25) is 11.1 Å². The molecule has 0 saturated heterocycles. The molecule has 2 aromatic rings. The van der Waals surface area contributed by atoms with Crippen molar-refractivity contribution >= 4 is 28.8 Å². The van der Waals surface area contributed by atoms with Gasteiger partial charge >= 0.3 is 5.69 Å². The Labute approximate surface area is 127 Å². The molecular weight excluding hydrogens is 292 g/mol. The van der Waals surface area contributed by atoms with Crippen LogP contribution in [0.15, 0.2) is 24.3 Å². The van der Waals surface area contributed by atoms with Crippen LogP contribution in [0.3, 0.4) is 0 Å². The van der Waals surface area contributed by atoms with Gasteiger partial charge in [-0.3, -0.25) is 10.1 Å². The van der Waals surface area contributed by atoms with Crippen LogP contribution in [0.1, 0.15) is 24.6 Å². The van der Waals surface area contributed by atoms with E-state index in [-0.39, 0.29) is 22.5 Å². The lowest BCUT2D eigenvalue weighted by molar-refractivity contribution is -0.385. The van der Waals surface area contributed by atoms with E-state index >= 15 is 0 Å². The van der Waals surface area contributed by atoms with Crippen molar-refractivity contribution in [1.29, 1.82) is 0 Å². The first kappa shape index (κ1) is 15.2. The first-order valence-electron chi connectivity index (χ1n) is 6.55. The van der Waals surface area contributed by atoms with Gasteiger partial charge in [-0.15, -0.1) is 0 Å². The first-order chi connectivity index (χ1) is 10.0. The molecule has 0 atom stereocenters. The van der Waals surface area contributed by atoms with Crippen LogP contribution in [0, 0.1) is 17.0 Å². The fourth-order valence-electron chi connectivity index (χ4n) is 2.02. The van der Waals surface area contributed by atoms with E-state index < -0.39 is 4.92 Å². The van der Waals surface area contributed by atoms with Crippen molar-refractivity contribution in [3.8, 4) is 0 Å². The van der Waals surface area contributed by atoms with Crippen molar-refractivity contribution in [3.05, 3.63) is 50.9 Å². The Morgan fingerprint density at radius 2 is 1.95 bits per heavy atom. The monoisotopic (exact) mass is 306 g/mol. The summed E-state index contributed by atoms with van der Waals surface area (Å²) in [4.78, 5) is 18.3. The highest BCUT2D eigenvalue weighted by molar-refractivity contribution is 6.28. The van der Waals surface area contributed by atoms with Gasteiger partial charge in [0.05, 0.1) is 4.92 Å². The molecule has 110 valence electrons. The molecule has 21 heavy (non-hydrogen) atoms. The van der Waals surface area contributed by atoms with Crippen molar-refractivity contribution in [1.82, 2.24) is 9.97 Å². The van der Waals surface area contributed by atoms with Gasteiger partial charge in [-0.05, 0) is 42.6 Å². The predicted molar refractivity (Wildman–Crippen MR) is 82.2 cm³/mol. The maximum Gasteiger partial charge on any atom is 0.332 e. The number of hydrogen-bond donors (Lipinski definition) is 1. The van der Waals surface area contributed by atoms with Crippen LogP contribution in [0.4, 0.5) is 17.2 Å². The van der Waals surface area contributed by atoms with Crippen LogP contribution in [0.5, 0.6) is 0 Å². The van der Waals surface area contributed by atoms with E-state index in [1.165, 1.54) is 12.5 Å². The summed E-state index contributed by atoms with van der Waals surface area (Å²) < 4.78 is 0. The average molecular weight is 307 g/mol. The molecule has 1 aromatic carbocycles. The number of aromatic nitrogens is 2. The Balaban J connectivity index is 2.32. The number of nitrogens with zero attached hydrogens (tertiary/aromatic N) is 3. The van der Waals surface area contributed by atoms with E-state index in [2.05, 4.69) is 22.2 Å². The molecule has 0 spiro atoms. The summed E-state index contributed by atoms with van der Waals surface area (Å²) in [5.41, 5.74) is 1.99. The maximum atomic E-state index is 11.1. The number of nitrogens with one attached hydrogen (secondary N) is 1. The summed E-state index contributed by atoms with van der Waals surface area (Å²) in [6.07, 6.45) is 2.07. The lowest BCUT2D eigenvalue weighted by atomic mass is 10.1. The van der Waals surface area contributed by atoms with Gasteiger partial charge in [-0.25, -0.2) is 4.98 Å². The highest BCUT2D eigenvalue weighted by Gasteiger charge is 2.21. The van der Waals surface area contributed by atoms with Crippen LogP contribution >= 0.6 is 11.6 Å². The second-order valence-corrected chi connectivity index (χ2v) is 4.94. The molecule has 0 amide bonds. The van der Waals surface area contributed by atoms with Gasteiger partial charge in [-0.1, -0.05) is 25.5 Å². The number of nitro groups is 1. The van der Waals surface area contributed by atoms with Crippen molar-refractivity contribution in [3.63, 3.8) is 0 Å². The summed E-state index contributed by atoms with van der Waals surface area (Å²) in [7, 11) is 0. The van der Waals surface area contributed by atoms with Crippen LogP contribution in [-0.2, 0) is 6.42 Å². The van der Waals surface area contributed by atoms with Gasteiger partial charge < -0.3 is 5.32 Å². The summed E-state index contributed by atoms with van der Waals surface area (Å²) in [5, 5.41) is 14.0. The van der Waals surface area contributed by atoms with E-state index in [0.29, 0.717) is 5.69 Å².